The van der Waals surface area contributed by atoms with Gasteiger partial charge in [-0.3, -0.25) is 0 Å². The van der Waals surface area contributed by atoms with Crippen molar-refractivity contribution in [3.8, 4) is 11.5 Å². The number of methoxy groups -OCH3 is 2. The third kappa shape index (κ3) is 5.85. The average molecular weight is 580 g/mol. The van der Waals surface area contributed by atoms with Crippen LogP contribution in [-0.2, 0) is 16.6 Å². The van der Waals surface area contributed by atoms with E-state index in [0.29, 0.717) is 17.1 Å². The molecule has 7 nitrogen and oxygen atoms in total. The zero-order valence-electron chi connectivity index (χ0n) is 20.6. The first kappa shape index (κ1) is 27.6. The molecule has 0 radical (unpaired) electrons. The van der Waals surface area contributed by atoms with Crippen molar-refractivity contribution in [1.29, 1.82) is 0 Å². The second-order valence-corrected chi connectivity index (χ2v) is 11.3. The Balaban J connectivity index is 1.69. The number of benzene rings is 3. The Morgan fingerprint density at radius 2 is 1.82 bits per heavy atom. The van der Waals surface area contributed by atoms with E-state index in [0.717, 1.165) is 33.3 Å². The maximum absolute atomic E-state index is 15.4. The van der Waals surface area contributed by atoms with Crippen molar-refractivity contribution < 1.29 is 26.7 Å². The van der Waals surface area contributed by atoms with Crippen molar-refractivity contribution in [2.24, 2.45) is 0 Å². The molecule has 0 fully saturated rings. The van der Waals surface area contributed by atoms with Crippen molar-refractivity contribution in [1.82, 2.24) is 4.98 Å². The predicted molar refractivity (Wildman–Crippen MR) is 145 cm³/mol. The number of hydrogen-bond acceptors (Lipinski definition) is 7. The monoisotopic (exact) mass is 579 g/mol. The molecular formula is C26H24ClF2N3O4S2. The molecule has 0 amide bonds. The van der Waals surface area contributed by atoms with Crippen molar-refractivity contribution in [3.63, 3.8) is 0 Å². The van der Waals surface area contributed by atoms with E-state index in [9.17, 15) is 12.8 Å². The van der Waals surface area contributed by atoms with Crippen molar-refractivity contribution in [2.75, 3.05) is 23.8 Å². The van der Waals surface area contributed by atoms with Crippen LogP contribution < -0.4 is 19.1 Å². The van der Waals surface area contributed by atoms with Gasteiger partial charge < -0.3 is 14.8 Å². The lowest BCUT2D eigenvalue weighted by Crippen LogP contribution is -2.31. The minimum absolute atomic E-state index is 0.0000495. The molecule has 0 aliphatic heterocycles. The minimum Gasteiger partial charge on any atom is -0.497 e. The molecule has 0 unspecified atom stereocenters. The fraction of sp³-hybridized carbons (Fsp3) is 0.192. The summed E-state index contributed by atoms with van der Waals surface area (Å²) in [5, 5.41) is 4.81. The summed E-state index contributed by atoms with van der Waals surface area (Å²) in [6.45, 7) is 1.61. The highest BCUT2D eigenvalue weighted by atomic mass is 35.5. The van der Waals surface area contributed by atoms with Gasteiger partial charge in [0.2, 0.25) is 0 Å². The molecule has 0 aliphatic carbocycles. The summed E-state index contributed by atoms with van der Waals surface area (Å²) >= 11 is 7.50. The average Bonchev–Trinajstić information content (AvgIpc) is 3.43. The molecule has 1 heterocycles. The highest BCUT2D eigenvalue weighted by Crippen LogP contribution is 2.36. The predicted octanol–water partition coefficient (Wildman–Crippen LogP) is 6.66. The van der Waals surface area contributed by atoms with E-state index in [1.54, 1.807) is 42.6 Å². The number of hydrogen-bond donors (Lipinski definition) is 1. The fourth-order valence-corrected chi connectivity index (χ4v) is 6.38. The van der Waals surface area contributed by atoms with Crippen molar-refractivity contribution in [3.05, 3.63) is 94.0 Å². The summed E-state index contributed by atoms with van der Waals surface area (Å²) in [6, 6.07) is 12.5. The molecule has 0 aliphatic rings. The first-order valence-electron chi connectivity index (χ1n) is 11.3. The number of nitrogens with zero attached hydrogens (tertiary/aromatic N) is 2. The van der Waals surface area contributed by atoms with Gasteiger partial charge >= 0.3 is 0 Å². The lowest BCUT2D eigenvalue weighted by Gasteiger charge is -2.24. The molecule has 1 N–H and O–H groups in total. The van der Waals surface area contributed by atoms with Crippen LogP contribution in [0, 0.1) is 11.6 Å². The molecule has 1 aromatic heterocycles. The van der Waals surface area contributed by atoms with Crippen LogP contribution in [-0.4, -0.2) is 27.6 Å². The second kappa shape index (κ2) is 11.5. The number of aromatic nitrogens is 1. The number of ether oxygens (including phenoxy) is 2. The number of sulfonamides is 1. The van der Waals surface area contributed by atoms with Crippen LogP contribution >= 0.6 is 22.9 Å². The molecular weight excluding hydrogens is 556 g/mol. The smallest absolute Gasteiger partial charge is 0.269 e. The Labute approximate surface area is 228 Å². The van der Waals surface area contributed by atoms with Crippen molar-refractivity contribution >= 4 is 43.8 Å². The molecule has 0 bridgehead atoms. The number of rotatable bonds is 10. The van der Waals surface area contributed by atoms with Gasteiger partial charge in [0.15, 0.2) is 5.13 Å². The van der Waals surface area contributed by atoms with Crippen LogP contribution in [0.25, 0.3) is 0 Å². The third-order valence-corrected chi connectivity index (χ3v) is 8.75. The number of thiazole rings is 1. The molecule has 4 aromatic rings. The third-order valence-electron chi connectivity index (χ3n) is 5.77. The topological polar surface area (TPSA) is 80.8 Å². The highest BCUT2D eigenvalue weighted by Gasteiger charge is 2.32. The lowest BCUT2D eigenvalue weighted by atomic mass is 10.1. The van der Waals surface area contributed by atoms with Gasteiger partial charge in [-0.15, -0.1) is 11.3 Å². The van der Waals surface area contributed by atoms with E-state index in [-0.39, 0.29) is 34.2 Å². The van der Waals surface area contributed by atoms with Crippen LogP contribution in [0.15, 0.2) is 71.1 Å². The SMILES string of the molecule is COc1ccc(CN(c2nccs2)S(=O)(=O)c2cc(Cl)c(N[C@@H](C)c3ccc(F)cc3)cc2F)c(OC)c1. The molecule has 4 rings (SSSR count). The van der Waals surface area contributed by atoms with Crippen LogP contribution in [0.1, 0.15) is 24.1 Å². The molecule has 3 aromatic carbocycles. The zero-order valence-corrected chi connectivity index (χ0v) is 23.0. The zero-order chi connectivity index (χ0) is 27.4. The summed E-state index contributed by atoms with van der Waals surface area (Å²) < 4.78 is 67.9. The Kier molecular flexibility index (Phi) is 8.39. The van der Waals surface area contributed by atoms with Gasteiger partial charge in [0.05, 0.1) is 31.5 Å². The van der Waals surface area contributed by atoms with Gasteiger partial charge in [-0.2, -0.15) is 0 Å². The van der Waals surface area contributed by atoms with E-state index < -0.39 is 20.7 Å². The van der Waals surface area contributed by atoms with E-state index in [1.807, 2.05) is 0 Å². The molecule has 200 valence electrons. The van der Waals surface area contributed by atoms with Gasteiger partial charge in [0, 0.05) is 29.2 Å². The normalized spacial score (nSPS) is 12.2. The van der Waals surface area contributed by atoms with Gasteiger partial charge in [-0.25, -0.2) is 26.5 Å². The summed E-state index contributed by atoms with van der Waals surface area (Å²) in [6.07, 6.45) is 1.46. The Morgan fingerprint density at radius 3 is 2.45 bits per heavy atom. The van der Waals surface area contributed by atoms with Crippen molar-refractivity contribution in [2.45, 2.75) is 24.4 Å². The maximum Gasteiger partial charge on any atom is 0.269 e. The first-order valence-corrected chi connectivity index (χ1v) is 14.0. The van der Waals surface area contributed by atoms with E-state index in [1.165, 1.54) is 32.5 Å². The van der Waals surface area contributed by atoms with Crippen LogP contribution in [0.2, 0.25) is 5.02 Å². The van der Waals surface area contributed by atoms with E-state index in [2.05, 4.69) is 10.3 Å². The quantitative estimate of drug-likeness (QED) is 0.226. The first-order chi connectivity index (χ1) is 18.1. The summed E-state index contributed by atoms with van der Waals surface area (Å²) in [7, 11) is -1.49. The van der Waals surface area contributed by atoms with Gasteiger partial charge in [-0.05, 0) is 48.9 Å². The number of halogens is 3. The Hall–Kier alpha value is -3.41. The second-order valence-electron chi connectivity index (χ2n) is 8.18. The molecule has 0 saturated heterocycles. The van der Waals surface area contributed by atoms with Gasteiger partial charge in [0.25, 0.3) is 10.0 Å². The van der Waals surface area contributed by atoms with Gasteiger partial charge in [0.1, 0.15) is 28.0 Å². The Morgan fingerprint density at radius 1 is 1.08 bits per heavy atom. The van der Waals surface area contributed by atoms with E-state index >= 15 is 4.39 Å². The summed E-state index contributed by atoms with van der Waals surface area (Å²) in [5.41, 5.74) is 1.45. The van der Waals surface area contributed by atoms with Crippen LogP contribution in [0.5, 0.6) is 11.5 Å². The molecule has 0 spiro atoms. The molecule has 0 saturated carbocycles. The summed E-state index contributed by atoms with van der Waals surface area (Å²) in [5.74, 6) is -0.443. The Bertz CT molecular complexity index is 1520. The maximum atomic E-state index is 15.4. The molecule has 38 heavy (non-hydrogen) atoms. The van der Waals surface area contributed by atoms with Gasteiger partial charge in [-0.1, -0.05) is 23.7 Å². The standard InChI is InChI=1S/C26H24ClF2N3O4S2/c1-16(17-4-7-19(28)8-5-17)31-23-14-22(29)25(13-21(23)27)38(33,34)32(26-30-10-11-37-26)15-18-6-9-20(35-2)12-24(18)36-3/h4-14,16,31H,15H2,1-3H3/t16-/m0/s1. The number of anilines is 2. The van der Waals surface area contributed by atoms with Crippen LogP contribution in [0.3, 0.4) is 0 Å². The van der Waals surface area contributed by atoms with E-state index in [4.69, 9.17) is 21.1 Å². The highest BCUT2D eigenvalue weighted by molar-refractivity contribution is 7.93. The number of nitrogens with one attached hydrogen (secondary N) is 1. The lowest BCUT2D eigenvalue weighted by molar-refractivity contribution is 0.391. The minimum atomic E-state index is -4.45. The van der Waals surface area contributed by atoms with Crippen LogP contribution in [0.4, 0.5) is 19.6 Å². The summed E-state index contributed by atoms with van der Waals surface area (Å²) in [4.78, 5) is 3.54. The molecule has 12 heteroatoms. The molecule has 1 atom stereocenters. The fourth-order valence-electron chi connectivity index (χ4n) is 3.76. The largest absolute Gasteiger partial charge is 0.497 e.